The molecule has 5 heteroatoms. The van der Waals surface area contributed by atoms with Crippen LogP contribution in [0.15, 0.2) is 12.2 Å². The van der Waals surface area contributed by atoms with E-state index in [-0.39, 0.29) is 22.6 Å². The summed E-state index contributed by atoms with van der Waals surface area (Å²) in [5.74, 6) is 0.256. The first-order valence-electron chi connectivity index (χ1n) is 6.85. The maximum absolute atomic E-state index is 12.5. The number of carbonyl (C=O) groups is 1. The monoisotopic (exact) mass is 283 g/mol. The second-order valence-corrected chi connectivity index (χ2v) is 8.85. The van der Waals surface area contributed by atoms with Crippen LogP contribution in [0.25, 0.3) is 0 Å². The van der Waals surface area contributed by atoms with Crippen LogP contribution in [0.2, 0.25) is 0 Å². The molecular weight excluding hydrogens is 262 g/mol. The van der Waals surface area contributed by atoms with Gasteiger partial charge in [-0.1, -0.05) is 20.4 Å². The summed E-state index contributed by atoms with van der Waals surface area (Å²) < 4.78 is 26.1. The molecule has 3 aliphatic rings. The van der Waals surface area contributed by atoms with Gasteiger partial charge in [-0.25, -0.2) is 12.7 Å². The zero-order valence-electron chi connectivity index (χ0n) is 11.8. The van der Waals surface area contributed by atoms with Crippen LogP contribution < -0.4 is 0 Å². The van der Waals surface area contributed by atoms with E-state index in [1.54, 1.807) is 6.92 Å². The Hall–Kier alpha value is -0.840. The molecule has 106 valence electrons. The van der Waals surface area contributed by atoms with Gasteiger partial charge in [0, 0.05) is 11.0 Å². The second kappa shape index (κ2) is 3.43. The van der Waals surface area contributed by atoms with Crippen molar-refractivity contribution in [3.05, 3.63) is 12.2 Å². The lowest BCUT2D eigenvalue weighted by Gasteiger charge is -2.37. The van der Waals surface area contributed by atoms with E-state index in [0.29, 0.717) is 11.5 Å². The van der Waals surface area contributed by atoms with Gasteiger partial charge >= 0.3 is 0 Å². The van der Waals surface area contributed by atoms with Crippen molar-refractivity contribution >= 4 is 15.9 Å². The van der Waals surface area contributed by atoms with E-state index in [2.05, 4.69) is 20.4 Å². The minimum Gasteiger partial charge on any atom is -0.268 e. The molecule has 1 spiro atoms. The van der Waals surface area contributed by atoms with Gasteiger partial charge in [0.25, 0.3) is 5.91 Å². The fourth-order valence-corrected chi connectivity index (χ4v) is 7.33. The minimum absolute atomic E-state index is 0.00877. The quantitative estimate of drug-likeness (QED) is 0.691. The predicted octanol–water partition coefficient (Wildman–Crippen LogP) is 1.93. The Morgan fingerprint density at radius 1 is 1.37 bits per heavy atom. The SMILES string of the molecule is C=C(C)C(=O)N1[C@@H]2CC3CC[C@]2(CS1(=O)=O)C3(C)C. The molecule has 1 heterocycles. The Labute approximate surface area is 114 Å². The first-order valence-corrected chi connectivity index (χ1v) is 8.46. The van der Waals surface area contributed by atoms with Crippen LogP contribution in [0, 0.1) is 16.7 Å². The molecule has 0 aromatic heterocycles. The molecule has 1 aliphatic heterocycles. The van der Waals surface area contributed by atoms with E-state index in [9.17, 15) is 13.2 Å². The van der Waals surface area contributed by atoms with Gasteiger partial charge in [-0.3, -0.25) is 4.79 Å². The summed E-state index contributed by atoms with van der Waals surface area (Å²) in [6, 6.07) is -0.143. The first kappa shape index (κ1) is 13.2. The lowest BCUT2D eigenvalue weighted by atomic mass is 9.69. The molecule has 1 saturated heterocycles. The Morgan fingerprint density at radius 2 is 2.00 bits per heavy atom. The molecule has 19 heavy (non-hydrogen) atoms. The number of nitrogens with zero attached hydrogens (tertiary/aromatic N) is 1. The van der Waals surface area contributed by atoms with Gasteiger partial charge in [-0.05, 0) is 37.5 Å². The summed E-state index contributed by atoms with van der Waals surface area (Å²) in [5, 5.41) is 0. The van der Waals surface area contributed by atoms with Crippen molar-refractivity contribution in [1.29, 1.82) is 0 Å². The molecule has 3 rings (SSSR count). The normalized spacial score (nSPS) is 41.3. The van der Waals surface area contributed by atoms with Crippen LogP contribution in [-0.4, -0.2) is 30.4 Å². The summed E-state index contributed by atoms with van der Waals surface area (Å²) >= 11 is 0. The first-order chi connectivity index (χ1) is 8.63. The third kappa shape index (κ3) is 1.34. The number of amides is 1. The van der Waals surface area contributed by atoms with Crippen LogP contribution in [0.3, 0.4) is 0 Å². The van der Waals surface area contributed by atoms with Crippen molar-refractivity contribution in [3.8, 4) is 0 Å². The van der Waals surface area contributed by atoms with Gasteiger partial charge < -0.3 is 0 Å². The van der Waals surface area contributed by atoms with Gasteiger partial charge in [0.1, 0.15) is 0 Å². The zero-order valence-corrected chi connectivity index (χ0v) is 12.6. The fraction of sp³-hybridized carbons (Fsp3) is 0.786. The summed E-state index contributed by atoms with van der Waals surface area (Å²) in [7, 11) is -3.48. The highest BCUT2D eigenvalue weighted by molar-refractivity contribution is 7.90. The average Bonchev–Trinajstić information content (AvgIpc) is 2.74. The van der Waals surface area contributed by atoms with Gasteiger partial charge in [0.15, 0.2) is 0 Å². The third-order valence-corrected chi connectivity index (χ3v) is 7.88. The summed E-state index contributed by atoms with van der Waals surface area (Å²) in [5.41, 5.74) is 0.0809. The second-order valence-electron chi connectivity index (χ2n) is 7.00. The number of rotatable bonds is 1. The van der Waals surface area contributed by atoms with E-state index in [0.717, 1.165) is 23.6 Å². The maximum atomic E-state index is 12.5. The van der Waals surface area contributed by atoms with E-state index in [1.165, 1.54) is 0 Å². The van der Waals surface area contributed by atoms with Crippen molar-refractivity contribution in [2.75, 3.05) is 5.75 Å². The molecule has 0 aromatic carbocycles. The highest BCUT2D eigenvalue weighted by atomic mass is 32.2. The van der Waals surface area contributed by atoms with Crippen molar-refractivity contribution in [1.82, 2.24) is 4.31 Å². The van der Waals surface area contributed by atoms with Crippen molar-refractivity contribution in [3.63, 3.8) is 0 Å². The molecular formula is C14H21NO3S. The summed E-state index contributed by atoms with van der Waals surface area (Å²) in [6.07, 6.45) is 2.84. The highest BCUT2D eigenvalue weighted by Gasteiger charge is 2.72. The summed E-state index contributed by atoms with van der Waals surface area (Å²) in [4.78, 5) is 12.2. The van der Waals surface area contributed by atoms with E-state index in [4.69, 9.17) is 0 Å². The largest absolute Gasteiger partial charge is 0.268 e. The van der Waals surface area contributed by atoms with Gasteiger partial charge in [0.05, 0.1) is 11.8 Å². The number of hydrogen-bond donors (Lipinski definition) is 0. The van der Waals surface area contributed by atoms with Crippen LogP contribution in [0.4, 0.5) is 0 Å². The number of carbonyl (C=O) groups excluding carboxylic acids is 1. The smallest absolute Gasteiger partial charge is 0.262 e. The number of sulfonamides is 1. The van der Waals surface area contributed by atoms with Gasteiger partial charge in [-0.15, -0.1) is 0 Å². The van der Waals surface area contributed by atoms with Crippen molar-refractivity contribution in [2.45, 2.75) is 46.1 Å². The van der Waals surface area contributed by atoms with Crippen LogP contribution in [-0.2, 0) is 14.8 Å². The Kier molecular flexibility index (Phi) is 2.37. The van der Waals surface area contributed by atoms with Gasteiger partial charge in [-0.2, -0.15) is 0 Å². The van der Waals surface area contributed by atoms with Crippen molar-refractivity contribution < 1.29 is 13.2 Å². The average molecular weight is 283 g/mol. The predicted molar refractivity (Wildman–Crippen MR) is 72.8 cm³/mol. The molecule has 1 unspecified atom stereocenters. The molecule has 0 aromatic rings. The number of hydrogen-bond acceptors (Lipinski definition) is 3. The molecule has 3 atom stereocenters. The third-order valence-electron chi connectivity index (χ3n) is 5.98. The molecule has 1 amide bonds. The minimum atomic E-state index is -3.48. The molecule has 0 N–H and O–H groups in total. The van der Waals surface area contributed by atoms with Crippen LogP contribution >= 0.6 is 0 Å². The number of fused-ring (bicyclic) bond motifs is 1. The lowest BCUT2D eigenvalue weighted by molar-refractivity contribution is -0.125. The highest BCUT2D eigenvalue weighted by Crippen LogP contribution is 2.70. The molecule has 0 radical (unpaired) electrons. The van der Waals surface area contributed by atoms with E-state index >= 15 is 0 Å². The maximum Gasteiger partial charge on any atom is 0.262 e. The van der Waals surface area contributed by atoms with Crippen molar-refractivity contribution in [2.24, 2.45) is 16.7 Å². The van der Waals surface area contributed by atoms with E-state index < -0.39 is 15.9 Å². The molecule has 4 nitrogen and oxygen atoms in total. The lowest BCUT2D eigenvalue weighted by Crippen LogP contribution is -2.44. The standard InChI is InChI=1S/C14H21NO3S/c1-9(2)12(16)15-11-7-10-5-6-14(11,13(10,3)4)8-19(15,17)18/h10-11H,1,5-8H2,2-4H3/t10?,11-,14-/m1/s1. The van der Waals surface area contributed by atoms with Crippen LogP contribution in [0.1, 0.15) is 40.0 Å². The fourth-order valence-electron chi connectivity index (χ4n) is 4.74. The Morgan fingerprint density at radius 3 is 2.53 bits per heavy atom. The Bertz CT molecular complexity index is 577. The zero-order chi connectivity index (χ0) is 14.2. The topological polar surface area (TPSA) is 54.5 Å². The van der Waals surface area contributed by atoms with E-state index in [1.807, 2.05) is 0 Å². The van der Waals surface area contributed by atoms with Gasteiger partial charge in [0.2, 0.25) is 10.0 Å². The van der Waals surface area contributed by atoms with Crippen LogP contribution in [0.5, 0.6) is 0 Å². The Balaban J connectivity index is 2.12. The molecule has 2 aliphatic carbocycles. The molecule has 2 bridgehead atoms. The molecule has 3 fully saturated rings. The summed E-state index contributed by atoms with van der Waals surface area (Å²) in [6.45, 7) is 9.56. The molecule has 2 saturated carbocycles.